The smallest absolute Gasteiger partial charge is 0.333 e. The Balaban J connectivity index is 2.39. The monoisotopic (exact) mass is 272 g/mol. The fraction of sp³-hybridized carbons (Fsp3) is 0.500. The van der Waals surface area contributed by atoms with Gasteiger partial charge in [0, 0.05) is 5.57 Å². The Bertz CT molecular complexity index is 518. The minimum Gasteiger partial charge on any atom is -0.451 e. The van der Waals surface area contributed by atoms with Crippen LogP contribution < -0.4 is 0 Å². The minimum absolute atomic E-state index is 0.296. The van der Waals surface area contributed by atoms with E-state index in [0.717, 1.165) is 24.8 Å². The molecule has 0 saturated heterocycles. The molecule has 0 radical (unpaired) electrons. The number of ether oxygens (including phenoxy) is 1. The van der Waals surface area contributed by atoms with E-state index in [1.165, 1.54) is 12.0 Å². The van der Waals surface area contributed by atoms with Crippen molar-refractivity contribution in [2.45, 2.75) is 52.1 Å². The van der Waals surface area contributed by atoms with Crippen molar-refractivity contribution < 1.29 is 9.53 Å². The summed E-state index contributed by atoms with van der Waals surface area (Å²) >= 11 is 0. The summed E-state index contributed by atoms with van der Waals surface area (Å²) in [5, 5.41) is 0. The largest absolute Gasteiger partial charge is 0.451 e. The molecule has 2 heteroatoms. The summed E-state index contributed by atoms with van der Waals surface area (Å²) in [5.74, 6) is 0.363. The van der Waals surface area contributed by atoms with Gasteiger partial charge in [0.15, 0.2) is 0 Å². The first-order valence-corrected chi connectivity index (χ1v) is 7.39. The number of esters is 1. The van der Waals surface area contributed by atoms with E-state index in [1.54, 1.807) is 6.92 Å². The molecule has 0 heterocycles. The molecule has 0 saturated carbocycles. The highest BCUT2D eigenvalue weighted by molar-refractivity contribution is 5.87. The van der Waals surface area contributed by atoms with Crippen molar-refractivity contribution in [2.24, 2.45) is 5.92 Å². The van der Waals surface area contributed by atoms with E-state index in [4.69, 9.17) is 4.74 Å². The lowest BCUT2D eigenvalue weighted by Gasteiger charge is -2.35. The number of carbonyl (C=O) groups is 1. The maximum Gasteiger partial charge on any atom is 0.333 e. The average molecular weight is 272 g/mol. The van der Waals surface area contributed by atoms with Crippen LogP contribution in [0.15, 0.2) is 36.4 Å². The van der Waals surface area contributed by atoms with Crippen LogP contribution in [0.4, 0.5) is 0 Å². The molecular formula is C18H24O2. The molecule has 108 valence electrons. The van der Waals surface area contributed by atoms with Gasteiger partial charge in [-0.2, -0.15) is 0 Å². The SMILES string of the molecule is C=C(C)C(=O)OC1(C)CCC(C)CCc2ccccc21. The van der Waals surface area contributed by atoms with E-state index < -0.39 is 5.60 Å². The summed E-state index contributed by atoms with van der Waals surface area (Å²) in [4.78, 5) is 12.0. The van der Waals surface area contributed by atoms with Gasteiger partial charge in [0.25, 0.3) is 0 Å². The predicted octanol–water partition coefficient (Wildman–Crippen LogP) is 4.38. The lowest BCUT2D eigenvalue weighted by atomic mass is 9.79. The first-order chi connectivity index (χ1) is 9.42. The van der Waals surface area contributed by atoms with Crippen molar-refractivity contribution in [3.63, 3.8) is 0 Å². The molecular weight excluding hydrogens is 248 g/mol. The summed E-state index contributed by atoms with van der Waals surface area (Å²) < 4.78 is 5.81. The quantitative estimate of drug-likeness (QED) is 0.590. The Kier molecular flexibility index (Phi) is 4.32. The van der Waals surface area contributed by atoms with Gasteiger partial charge in [0.05, 0.1) is 0 Å². The summed E-state index contributed by atoms with van der Waals surface area (Å²) in [6.07, 6.45) is 4.19. The van der Waals surface area contributed by atoms with E-state index >= 15 is 0 Å². The van der Waals surface area contributed by atoms with Crippen molar-refractivity contribution in [1.29, 1.82) is 0 Å². The molecule has 0 N–H and O–H groups in total. The second-order valence-electron chi connectivity index (χ2n) is 6.24. The number of rotatable bonds is 2. The molecule has 2 atom stereocenters. The zero-order valence-corrected chi connectivity index (χ0v) is 12.7. The van der Waals surface area contributed by atoms with Gasteiger partial charge in [0.1, 0.15) is 5.60 Å². The molecule has 1 aromatic rings. The third kappa shape index (κ3) is 3.12. The molecule has 1 aliphatic rings. The van der Waals surface area contributed by atoms with Crippen LogP contribution in [0.5, 0.6) is 0 Å². The van der Waals surface area contributed by atoms with Crippen LogP contribution >= 0.6 is 0 Å². The zero-order chi connectivity index (χ0) is 14.8. The average Bonchev–Trinajstić information content (AvgIpc) is 2.42. The number of hydrogen-bond acceptors (Lipinski definition) is 2. The Morgan fingerprint density at radius 3 is 2.75 bits per heavy atom. The highest BCUT2D eigenvalue weighted by Crippen LogP contribution is 2.38. The number of benzene rings is 1. The predicted molar refractivity (Wildman–Crippen MR) is 81.4 cm³/mol. The number of carbonyl (C=O) groups excluding carboxylic acids is 1. The fourth-order valence-electron chi connectivity index (χ4n) is 2.85. The van der Waals surface area contributed by atoms with E-state index in [9.17, 15) is 4.79 Å². The van der Waals surface area contributed by atoms with E-state index in [2.05, 4.69) is 31.7 Å². The molecule has 0 spiro atoms. The molecule has 0 bridgehead atoms. The van der Waals surface area contributed by atoms with Crippen LogP contribution in [0, 0.1) is 5.92 Å². The van der Waals surface area contributed by atoms with Gasteiger partial charge in [0.2, 0.25) is 0 Å². The molecule has 1 aromatic carbocycles. The molecule has 0 aliphatic heterocycles. The van der Waals surface area contributed by atoms with Crippen LogP contribution in [0.3, 0.4) is 0 Å². The second-order valence-corrected chi connectivity index (χ2v) is 6.24. The standard InChI is InChI=1S/C18H24O2/c1-13(2)17(19)20-18(4)12-11-14(3)9-10-15-7-5-6-8-16(15)18/h5-8,14H,1,9-12H2,2-4H3. The number of hydrogen-bond donors (Lipinski definition) is 0. The van der Waals surface area contributed by atoms with E-state index in [0.29, 0.717) is 11.5 Å². The molecule has 0 aromatic heterocycles. The number of aryl methyl sites for hydroxylation is 1. The van der Waals surface area contributed by atoms with Gasteiger partial charge in [-0.3, -0.25) is 0 Å². The lowest BCUT2D eigenvalue weighted by Crippen LogP contribution is -2.32. The molecule has 1 aliphatic carbocycles. The van der Waals surface area contributed by atoms with Crippen molar-refractivity contribution >= 4 is 5.97 Å². The van der Waals surface area contributed by atoms with Crippen molar-refractivity contribution in [3.05, 3.63) is 47.5 Å². The van der Waals surface area contributed by atoms with Gasteiger partial charge in [-0.25, -0.2) is 4.79 Å². The van der Waals surface area contributed by atoms with Crippen molar-refractivity contribution in [3.8, 4) is 0 Å². The summed E-state index contributed by atoms with van der Waals surface area (Å²) in [5.41, 5.74) is 2.37. The number of fused-ring (bicyclic) bond motifs is 1. The van der Waals surface area contributed by atoms with Gasteiger partial charge in [-0.1, -0.05) is 37.8 Å². The highest BCUT2D eigenvalue weighted by Gasteiger charge is 2.34. The topological polar surface area (TPSA) is 26.3 Å². The van der Waals surface area contributed by atoms with Crippen molar-refractivity contribution in [1.82, 2.24) is 0 Å². The summed E-state index contributed by atoms with van der Waals surface area (Å²) in [6, 6.07) is 8.33. The maximum atomic E-state index is 12.0. The van der Waals surface area contributed by atoms with E-state index in [-0.39, 0.29) is 5.97 Å². The normalized spacial score (nSPS) is 26.1. The summed E-state index contributed by atoms with van der Waals surface area (Å²) in [6.45, 7) is 9.69. The Labute approximate surface area is 121 Å². The van der Waals surface area contributed by atoms with Gasteiger partial charge in [-0.05, 0) is 56.6 Å². The van der Waals surface area contributed by atoms with Gasteiger partial charge >= 0.3 is 5.97 Å². The Morgan fingerprint density at radius 1 is 1.35 bits per heavy atom. The van der Waals surface area contributed by atoms with Crippen LogP contribution in [0.25, 0.3) is 0 Å². The van der Waals surface area contributed by atoms with Crippen LogP contribution in [0.2, 0.25) is 0 Å². The highest BCUT2D eigenvalue weighted by atomic mass is 16.6. The molecule has 0 amide bonds. The third-order valence-electron chi connectivity index (χ3n) is 4.27. The fourth-order valence-corrected chi connectivity index (χ4v) is 2.85. The van der Waals surface area contributed by atoms with Gasteiger partial charge < -0.3 is 4.74 Å². The first-order valence-electron chi connectivity index (χ1n) is 7.39. The second kappa shape index (κ2) is 5.82. The minimum atomic E-state index is -0.540. The molecule has 2 unspecified atom stereocenters. The van der Waals surface area contributed by atoms with Crippen molar-refractivity contribution in [2.75, 3.05) is 0 Å². The van der Waals surface area contributed by atoms with Crippen LogP contribution in [-0.4, -0.2) is 5.97 Å². The maximum absolute atomic E-state index is 12.0. The van der Waals surface area contributed by atoms with Crippen LogP contribution in [-0.2, 0) is 21.6 Å². The van der Waals surface area contributed by atoms with Gasteiger partial charge in [-0.15, -0.1) is 0 Å². The molecule has 2 rings (SSSR count). The van der Waals surface area contributed by atoms with Crippen LogP contribution in [0.1, 0.15) is 51.2 Å². The molecule has 2 nitrogen and oxygen atoms in total. The zero-order valence-electron chi connectivity index (χ0n) is 12.7. The van der Waals surface area contributed by atoms with E-state index in [1.807, 2.05) is 13.0 Å². The summed E-state index contributed by atoms with van der Waals surface area (Å²) in [7, 11) is 0. The Hall–Kier alpha value is -1.57. The lowest BCUT2D eigenvalue weighted by molar-refractivity contribution is -0.155. The third-order valence-corrected chi connectivity index (χ3v) is 4.27. The molecule has 0 fully saturated rings. The first kappa shape index (κ1) is 14.8. The molecule has 20 heavy (non-hydrogen) atoms. The Morgan fingerprint density at radius 2 is 2.05 bits per heavy atom.